The van der Waals surface area contributed by atoms with Gasteiger partial charge in [0.2, 0.25) is 0 Å². The lowest BCUT2D eigenvalue weighted by Crippen LogP contribution is -2.21. The van der Waals surface area contributed by atoms with E-state index >= 15 is 0 Å². The van der Waals surface area contributed by atoms with Gasteiger partial charge in [0.15, 0.2) is 6.04 Å². The molecule has 19 heavy (non-hydrogen) atoms. The highest BCUT2D eigenvalue weighted by molar-refractivity contribution is 6.33. The van der Waals surface area contributed by atoms with Crippen LogP contribution in [0.1, 0.15) is 11.6 Å². The first-order chi connectivity index (χ1) is 9.09. The van der Waals surface area contributed by atoms with Crippen LogP contribution in [0, 0.1) is 5.82 Å². The zero-order valence-corrected chi connectivity index (χ0v) is 10.6. The minimum atomic E-state index is -1.19. The maximum atomic E-state index is 13.7. The Morgan fingerprint density at radius 1 is 1.16 bits per heavy atom. The zero-order valence-electron chi connectivity index (χ0n) is 9.81. The molecule has 2 rings (SSSR count). The van der Waals surface area contributed by atoms with Gasteiger partial charge in [-0.05, 0) is 18.2 Å². The number of nitrogens with one attached hydrogen (secondary N) is 1. The summed E-state index contributed by atoms with van der Waals surface area (Å²) < 4.78 is 13.7. The number of hydrogen-bond donors (Lipinski definition) is 2. The van der Waals surface area contributed by atoms with Crippen LogP contribution in [-0.4, -0.2) is 11.1 Å². The van der Waals surface area contributed by atoms with Crippen molar-refractivity contribution in [2.75, 3.05) is 5.32 Å². The molecular formula is C14H11ClFNO2. The van der Waals surface area contributed by atoms with E-state index in [9.17, 15) is 14.3 Å². The maximum absolute atomic E-state index is 13.7. The Hall–Kier alpha value is -2.07. The standard InChI is InChI=1S/C14H11ClFNO2/c15-10-6-2-4-8-12(10)17-13(14(18)19)9-5-1-3-7-11(9)16/h1-8,13,17H,(H,18,19)/t13-/m0/s1. The van der Waals surface area contributed by atoms with Crippen LogP contribution in [0.4, 0.5) is 10.1 Å². The quantitative estimate of drug-likeness (QED) is 0.897. The molecule has 1 atom stereocenters. The molecule has 0 aliphatic rings. The first kappa shape index (κ1) is 13.4. The average molecular weight is 280 g/mol. The van der Waals surface area contributed by atoms with Crippen LogP contribution in [0.15, 0.2) is 48.5 Å². The maximum Gasteiger partial charge on any atom is 0.330 e. The third kappa shape index (κ3) is 3.03. The Labute approximate surface area is 114 Å². The summed E-state index contributed by atoms with van der Waals surface area (Å²) in [5, 5.41) is 12.3. The van der Waals surface area contributed by atoms with Gasteiger partial charge in [0.25, 0.3) is 0 Å². The number of para-hydroxylation sites is 1. The van der Waals surface area contributed by atoms with Crippen LogP contribution in [0.25, 0.3) is 0 Å². The monoisotopic (exact) mass is 279 g/mol. The van der Waals surface area contributed by atoms with Crippen LogP contribution in [0.2, 0.25) is 5.02 Å². The van der Waals surface area contributed by atoms with Crippen molar-refractivity contribution in [1.82, 2.24) is 0 Å². The van der Waals surface area contributed by atoms with E-state index in [-0.39, 0.29) is 5.56 Å². The molecule has 2 aromatic rings. The van der Waals surface area contributed by atoms with Crippen LogP contribution >= 0.6 is 11.6 Å². The van der Waals surface area contributed by atoms with Gasteiger partial charge in [-0.2, -0.15) is 0 Å². The van der Waals surface area contributed by atoms with Crippen molar-refractivity contribution in [3.8, 4) is 0 Å². The van der Waals surface area contributed by atoms with Gasteiger partial charge in [0.1, 0.15) is 5.82 Å². The van der Waals surface area contributed by atoms with Gasteiger partial charge in [-0.3, -0.25) is 0 Å². The molecule has 0 saturated heterocycles. The van der Waals surface area contributed by atoms with Gasteiger partial charge >= 0.3 is 5.97 Å². The predicted octanol–water partition coefficient (Wildman–Crippen LogP) is 3.72. The predicted molar refractivity (Wildman–Crippen MR) is 71.9 cm³/mol. The molecule has 0 saturated carbocycles. The van der Waals surface area contributed by atoms with Crippen molar-refractivity contribution in [3.05, 3.63) is 64.9 Å². The molecule has 5 heteroatoms. The normalized spacial score (nSPS) is 11.9. The van der Waals surface area contributed by atoms with Gasteiger partial charge in [-0.1, -0.05) is 41.9 Å². The summed E-state index contributed by atoms with van der Waals surface area (Å²) in [4.78, 5) is 11.3. The topological polar surface area (TPSA) is 49.3 Å². The fourth-order valence-electron chi connectivity index (χ4n) is 1.72. The number of aliphatic carboxylic acids is 1. The average Bonchev–Trinajstić information content (AvgIpc) is 2.38. The van der Waals surface area contributed by atoms with Gasteiger partial charge in [-0.25, -0.2) is 9.18 Å². The van der Waals surface area contributed by atoms with E-state index < -0.39 is 17.8 Å². The highest BCUT2D eigenvalue weighted by atomic mass is 35.5. The minimum Gasteiger partial charge on any atom is -0.479 e. The summed E-state index contributed by atoms with van der Waals surface area (Å²) >= 11 is 5.95. The van der Waals surface area contributed by atoms with Crippen LogP contribution in [-0.2, 0) is 4.79 Å². The molecule has 0 aromatic heterocycles. The molecule has 0 fully saturated rings. The first-order valence-corrected chi connectivity index (χ1v) is 5.95. The van der Waals surface area contributed by atoms with Crippen molar-refractivity contribution >= 4 is 23.3 Å². The van der Waals surface area contributed by atoms with Crippen LogP contribution in [0.3, 0.4) is 0 Å². The van der Waals surface area contributed by atoms with Crippen LogP contribution in [0.5, 0.6) is 0 Å². The molecule has 0 aliphatic carbocycles. The summed E-state index contributed by atoms with van der Waals surface area (Å²) in [6.45, 7) is 0. The summed E-state index contributed by atoms with van der Waals surface area (Å²) in [6.07, 6.45) is 0. The Balaban J connectivity index is 2.35. The number of benzene rings is 2. The number of anilines is 1. The Morgan fingerprint density at radius 3 is 2.42 bits per heavy atom. The summed E-state index contributed by atoms with van der Waals surface area (Å²) in [5.74, 6) is -1.75. The van der Waals surface area contributed by atoms with Crippen molar-refractivity contribution in [1.29, 1.82) is 0 Å². The van der Waals surface area contributed by atoms with Crippen molar-refractivity contribution in [2.24, 2.45) is 0 Å². The second-order valence-electron chi connectivity index (χ2n) is 3.92. The molecule has 0 spiro atoms. The van der Waals surface area contributed by atoms with E-state index in [4.69, 9.17) is 11.6 Å². The third-order valence-electron chi connectivity index (χ3n) is 2.64. The molecule has 98 valence electrons. The second-order valence-corrected chi connectivity index (χ2v) is 4.32. The Morgan fingerprint density at radius 2 is 1.79 bits per heavy atom. The van der Waals surface area contributed by atoms with Gasteiger partial charge in [0.05, 0.1) is 10.7 Å². The SMILES string of the molecule is O=C(O)[C@@H](Nc1ccccc1Cl)c1ccccc1F. The molecule has 0 unspecified atom stereocenters. The molecule has 2 aromatic carbocycles. The molecule has 0 aliphatic heterocycles. The van der Waals surface area contributed by atoms with E-state index in [1.165, 1.54) is 18.2 Å². The fraction of sp³-hybridized carbons (Fsp3) is 0.0714. The summed E-state index contributed by atoms with van der Waals surface area (Å²) in [6, 6.07) is 11.3. The highest BCUT2D eigenvalue weighted by Gasteiger charge is 2.23. The lowest BCUT2D eigenvalue weighted by Gasteiger charge is -2.17. The van der Waals surface area contributed by atoms with Gasteiger partial charge in [-0.15, -0.1) is 0 Å². The largest absolute Gasteiger partial charge is 0.479 e. The lowest BCUT2D eigenvalue weighted by molar-refractivity contribution is -0.138. The molecular weight excluding hydrogens is 269 g/mol. The molecule has 3 nitrogen and oxygen atoms in total. The number of halogens is 2. The van der Waals surface area contributed by atoms with Crippen LogP contribution < -0.4 is 5.32 Å². The first-order valence-electron chi connectivity index (χ1n) is 5.58. The van der Waals surface area contributed by atoms with E-state index in [1.807, 2.05) is 0 Å². The number of rotatable bonds is 4. The second kappa shape index (κ2) is 5.71. The lowest BCUT2D eigenvalue weighted by atomic mass is 10.1. The Bertz CT molecular complexity index is 604. The van der Waals surface area contributed by atoms with Crippen molar-refractivity contribution in [3.63, 3.8) is 0 Å². The van der Waals surface area contributed by atoms with E-state index in [2.05, 4.69) is 5.32 Å². The Kier molecular flexibility index (Phi) is 4.02. The van der Waals surface area contributed by atoms with E-state index in [0.717, 1.165) is 0 Å². The van der Waals surface area contributed by atoms with E-state index in [1.54, 1.807) is 30.3 Å². The highest BCUT2D eigenvalue weighted by Crippen LogP contribution is 2.27. The molecule has 0 amide bonds. The summed E-state index contributed by atoms with van der Waals surface area (Å²) in [5.41, 5.74) is 0.509. The van der Waals surface area contributed by atoms with E-state index in [0.29, 0.717) is 10.7 Å². The summed E-state index contributed by atoms with van der Waals surface area (Å²) in [7, 11) is 0. The smallest absolute Gasteiger partial charge is 0.330 e. The molecule has 0 bridgehead atoms. The molecule has 2 N–H and O–H groups in total. The molecule has 0 heterocycles. The number of carboxylic acid groups (broad SMARTS) is 1. The zero-order chi connectivity index (χ0) is 13.8. The van der Waals surface area contributed by atoms with Crippen molar-refractivity contribution in [2.45, 2.75) is 6.04 Å². The number of carboxylic acids is 1. The minimum absolute atomic E-state index is 0.0647. The number of carbonyl (C=O) groups is 1. The van der Waals surface area contributed by atoms with Crippen molar-refractivity contribution < 1.29 is 14.3 Å². The van der Waals surface area contributed by atoms with Gasteiger partial charge < -0.3 is 10.4 Å². The number of hydrogen-bond acceptors (Lipinski definition) is 2. The molecule has 0 radical (unpaired) electrons. The third-order valence-corrected chi connectivity index (χ3v) is 2.97. The fourth-order valence-corrected chi connectivity index (χ4v) is 1.91. The van der Waals surface area contributed by atoms with Gasteiger partial charge in [0, 0.05) is 5.56 Å².